The number of hydrogen-bond donors (Lipinski definition) is 2. The van der Waals surface area contributed by atoms with Crippen LogP contribution in [0.5, 0.6) is 5.75 Å². The van der Waals surface area contributed by atoms with Crippen LogP contribution in [0, 0.1) is 0 Å². The molecule has 8 nitrogen and oxygen atoms in total. The fraction of sp³-hybridized carbons (Fsp3) is 0.214. The third kappa shape index (κ3) is 3.71. The number of rotatable bonds is 5. The van der Waals surface area contributed by atoms with E-state index in [1.807, 2.05) is 42.6 Å². The first-order valence-corrected chi connectivity index (χ1v) is 12.3. The molecule has 1 aliphatic carbocycles. The number of H-pyrrole nitrogens is 2. The zero-order valence-electron chi connectivity index (χ0n) is 19.6. The van der Waals surface area contributed by atoms with Crippen molar-refractivity contribution in [1.82, 2.24) is 30.1 Å². The van der Waals surface area contributed by atoms with Crippen LogP contribution in [-0.4, -0.2) is 36.2 Å². The summed E-state index contributed by atoms with van der Waals surface area (Å²) in [6.07, 6.45) is 15.0. The van der Waals surface area contributed by atoms with Gasteiger partial charge in [0.1, 0.15) is 11.4 Å². The van der Waals surface area contributed by atoms with E-state index in [1.165, 1.54) is 19.3 Å². The van der Waals surface area contributed by atoms with E-state index in [0.29, 0.717) is 5.82 Å². The van der Waals surface area contributed by atoms with Crippen LogP contribution >= 0.6 is 0 Å². The van der Waals surface area contributed by atoms with Crippen molar-refractivity contribution in [1.29, 1.82) is 0 Å². The second kappa shape index (κ2) is 8.64. The van der Waals surface area contributed by atoms with E-state index in [2.05, 4.69) is 25.1 Å². The number of furan rings is 1. The van der Waals surface area contributed by atoms with Gasteiger partial charge in [-0.3, -0.25) is 15.1 Å². The highest BCUT2D eigenvalue weighted by Crippen LogP contribution is 2.33. The van der Waals surface area contributed by atoms with Gasteiger partial charge in [0, 0.05) is 28.3 Å². The lowest BCUT2D eigenvalue weighted by Crippen LogP contribution is -2.19. The van der Waals surface area contributed by atoms with E-state index in [0.717, 1.165) is 68.6 Å². The summed E-state index contributed by atoms with van der Waals surface area (Å²) in [7, 11) is 0. The van der Waals surface area contributed by atoms with Crippen LogP contribution in [0.2, 0.25) is 0 Å². The van der Waals surface area contributed by atoms with Crippen molar-refractivity contribution in [3.8, 4) is 39.7 Å². The third-order valence-corrected chi connectivity index (χ3v) is 6.88. The zero-order chi connectivity index (χ0) is 23.9. The summed E-state index contributed by atoms with van der Waals surface area (Å²) in [5, 5.41) is 8.59. The van der Waals surface area contributed by atoms with Crippen LogP contribution in [0.4, 0.5) is 0 Å². The largest absolute Gasteiger partial charge is 0.489 e. The average Bonchev–Trinajstić information content (AvgIpc) is 3.68. The summed E-state index contributed by atoms with van der Waals surface area (Å²) < 4.78 is 11.5. The molecule has 8 heteroatoms. The molecule has 0 amide bonds. The number of pyridine rings is 2. The third-order valence-electron chi connectivity index (χ3n) is 6.88. The maximum absolute atomic E-state index is 6.23. The number of fused-ring (bicyclic) bond motifs is 2. The first-order chi connectivity index (χ1) is 17.8. The molecular weight excluding hydrogens is 452 g/mol. The van der Waals surface area contributed by atoms with Gasteiger partial charge < -0.3 is 14.1 Å². The van der Waals surface area contributed by atoms with Crippen LogP contribution in [-0.2, 0) is 0 Å². The van der Waals surface area contributed by atoms with Gasteiger partial charge in [0.05, 0.1) is 53.3 Å². The Morgan fingerprint density at radius 1 is 0.944 bits per heavy atom. The smallest absolute Gasteiger partial charge is 0.159 e. The first kappa shape index (κ1) is 20.9. The molecule has 0 spiro atoms. The van der Waals surface area contributed by atoms with E-state index >= 15 is 0 Å². The number of ether oxygens (including phenoxy) is 1. The minimum Gasteiger partial charge on any atom is -0.489 e. The molecule has 0 saturated heterocycles. The topological polar surface area (TPSA) is 106 Å². The van der Waals surface area contributed by atoms with Crippen molar-refractivity contribution in [2.45, 2.75) is 38.2 Å². The van der Waals surface area contributed by atoms with Crippen molar-refractivity contribution in [2.75, 3.05) is 0 Å². The molecule has 0 unspecified atom stereocenters. The van der Waals surface area contributed by atoms with Crippen molar-refractivity contribution >= 4 is 21.9 Å². The maximum Gasteiger partial charge on any atom is 0.159 e. The summed E-state index contributed by atoms with van der Waals surface area (Å²) in [5.41, 5.74) is 7.09. The van der Waals surface area contributed by atoms with E-state index in [1.54, 1.807) is 24.9 Å². The predicted octanol–water partition coefficient (Wildman–Crippen LogP) is 6.53. The SMILES string of the molecule is c1cc(-c2ccoc2)c2nc(-c3n[nH]c4cnc(-c5cncc(OC6CCCCC6)c5)cc34)[nH]c2c1. The fourth-order valence-corrected chi connectivity index (χ4v) is 5.05. The Labute approximate surface area is 206 Å². The monoisotopic (exact) mass is 476 g/mol. The van der Waals surface area contributed by atoms with Gasteiger partial charge in [0.15, 0.2) is 5.82 Å². The summed E-state index contributed by atoms with van der Waals surface area (Å²) in [6.45, 7) is 0. The Balaban J connectivity index is 1.26. The van der Waals surface area contributed by atoms with Crippen molar-refractivity contribution < 1.29 is 9.15 Å². The Bertz CT molecular complexity index is 1660. The molecule has 1 aromatic carbocycles. The van der Waals surface area contributed by atoms with E-state index in [9.17, 15) is 0 Å². The Hall–Kier alpha value is -4.46. The fourth-order valence-electron chi connectivity index (χ4n) is 5.05. The van der Waals surface area contributed by atoms with E-state index < -0.39 is 0 Å². The van der Waals surface area contributed by atoms with E-state index in [4.69, 9.17) is 14.1 Å². The van der Waals surface area contributed by atoms with Crippen LogP contribution in [0.1, 0.15) is 32.1 Å². The van der Waals surface area contributed by atoms with E-state index in [-0.39, 0.29) is 6.10 Å². The van der Waals surface area contributed by atoms with Gasteiger partial charge in [-0.1, -0.05) is 18.6 Å². The summed E-state index contributed by atoms with van der Waals surface area (Å²) in [5.74, 6) is 1.48. The molecule has 0 bridgehead atoms. The van der Waals surface area contributed by atoms with Gasteiger partial charge in [-0.2, -0.15) is 5.10 Å². The highest BCUT2D eigenvalue weighted by Gasteiger charge is 2.18. The number of hydrogen-bond acceptors (Lipinski definition) is 6. The molecule has 5 aromatic heterocycles. The molecular formula is C28H24N6O2. The standard InChI is InChI=1S/C28H24N6O2/c1-2-5-19(6-3-1)36-20-11-18(13-29-14-20)24-12-22-25(15-30-24)33-34-27(22)28-31-23-8-4-7-21(26(23)32-28)17-9-10-35-16-17/h4,7-16,19H,1-3,5-6H2,(H,31,32)(H,33,34). The number of aromatic amines is 2. The van der Waals surface area contributed by atoms with Gasteiger partial charge in [0.25, 0.3) is 0 Å². The average molecular weight is 477 g/mol. The van der Waals surface area contributed by atoms with Crippen molar-refractivity contribution in [3.05, 3.63) is 67.5 Å². The molecule has 0 aliphatic heterocycles. The normalized spacial score (nSPS) is 14.6. The number of para-hydroxylation sites is 1. The van der Waals surface area contributed by atoms with Gasteiger partial charge in [-0.15, -0.1) is 0 Å². The van der Waals surface area contributed by atoms with Gasteiger partial charge >= 0.3 is 0 Å². The zero-order valence-corrected chi connectivity index (χ0v) is 19.6. The van der Waals surface area contributed by atoms with Crippen LogP contribution in [0.15, 0.2) is 71.9 Å². The minimum atomic E-state index is 0.270. The Morgan fingerprint density at radius 3 is 2.78 bits per heavy atom. The lowest BCUT2D eigenvalue weighted by atomic mass is 9.98. The Kier molecular flexibility index (Phi) is 5.01. The molecule has 0 atom stereocenters. The molecule has 0 radical (unpaired) electrons. The molecule has 1 fully saturated rings. The lowest BCUT2D eigenvalue weighted by Gasteiger charge is -2.22. The maximum atomic E-state index is 6.23. The van der Waals surface area contributed by atoms with Crippen LogP contribution < -0.4 is 4.74 Å². The second-order valence-corrected chi connectivity index (χ2v) is 9.27. The number of benzene rings is 1. The summed E-state index contributed by atoms with van der Waals surface area (Å²) in [4.78, 5) is 17.4. The molecule has 5 heterocycles. The predicted molar refractivity (Wildman–Crippen MR) is 137 cm³/mol. The molecule has 178 valence electrons. The van der Waals surface area contributed by atoms with Crippen LogP contribution in [0.3, 0.4) is 0 Å². The molecule has 1 saturated carbocycles. The molecule has 2 N–H and O–H groups in total. The first-order valence-electron chi connectivity index (χ1n) is 12.3. The number of nitrogens with zero attached hydrogens (tertiary/aromatic N) is 4. The molecule has 1 aliphatic rings. The number of nitrogens with one attached hydrogen (secondary N) is 2. The van der Waals surface area contributed by atoms with Gasteiger partial charge in [-0.05, 0) is 49.9 Å². The van der Waals surface area contributed by atoms with Crippen molar-refractivity contribution in [2.24, 2.45) is 0 Å². The van der Waals surface area contributed by atoms with Crippen LogP contribution in [0.25, 0.3) is 55.8 Å². The summed E-state index contributed by atoms with van der Waals surface area (Å²) in [6, 6.07) is 12.0. The quantitative estimate of drug-likeness (QED) is 0.293. The van der Waals surface area contributed by atoms with Gasteiger partial charge in [-0.25, -0.2) is 4.98 Å². The lowest BCUT2D eigenvalue weighted by molar-refractivity contribution is 0.154. The molecule has 6 aromatic rings. The second-order valence-electron chi connectivity index (χ2n) is 9.27. The number of aromatic nitrogens is 6. The highest BCUT2D eigenvalue weighted by atomic mass is 16.5. The number of imidazole rings is 1. The Morgan fingerprint density at radius 2 is 1.89 bits per heavy atom. The minimum absolute atomic E-state index is 0.270. The van der Waals surface area contributed by atoms with Crippen molar-refractivity contribution in [3.63, 3.8) is 0 Å². The highest BCUT2D eigenvalue weighted by molar-refractivity contribution is 5.97. The molecule has 7 rings (SSSR count). The molecule has 36 heavy (non-hydrogen) atoms. The van der Waals surface area contributed by atoms with Gasteiger partial charge in [0.2, 0.25) is 0 Å². The summed E-state index contributed by atoms with van der Waals surface area (Å²) >= 11 is 0.